The molecule has 0 radical (unpaired) electrons. The highest BCUT2D eigenvalue weighted by atomic mass is 79.9. The summed E-state index contributed by atoms with van der Waals surface area (Å²) in [6.45, 7) is 4.70. The second-order valence-corrected chi connectivity index (χ2v) is 6.35. The molecule has 1 aliphatic rings. The van der Waals surface area contributed by atoms with Crippen LogP contribution in [-0.4, -0.2) is 36.0 Å². The molecular formula is C15H21BrN2O. The molecule has 0 aromatic heterocycles. The summed E-state index contributed by atoms with van der Waals surface area (Å²) in [5.74, 6) is 0.749. The van der Waals surface area contributed by atoms with Crippen molar-refractivity contribution in [3.63, 3.8) is 0 Å². The lowest BCUT2D eigenvalue weighted by molar-refractivity contribution is 0.141. The van der Waals surface area contributed by atoms with E-state index in [9.17, 15) is 4.79 Å². The van der Waals surface area contributed by atoms with Crippen molar-refractivity contribution in [3.8, 4) is 0 Å². The summed E-state index contributed by atoms with van der Waals surface area (Å²) in [6.07, 6.45) is 2.24. The third-order valence-electron chi connectivity index (χ3n) is 3.69. The smallest absolute Gasteiger partial charge is 0.320 e. The second kappa shape index (κ2) is 6.42. The summed E-state index contributed by atoms with van der Waals surface area (Å²) in [5, 5.41) is 0. The SMILES string of the molecule is CC1CCN(C(=O)N(C)Cc2cccc(Br)c2)CC1. The number of amides is 2. The first kappa shape index (κ1) is 14.4. The monoisotopic (exact) mass is 324 g/mol. The Hall–Kier alpha value is -1.03. The lowest BCUT2D eigenvalue weighted by atomic mass is 10.00. The molecule has 19 heavy (non-hydrogen) atoms. The van der Waals surface area contributed by atoms with Crippen molar-refractivity contribution in [2.24, 2.45) is 5.92 Å². The number of likely N-dealkylation sites (tertiary alicyclic amines) is 1. The molecule has 104 valence electrons. The van der Waals surface area contributed by atoms with Crippen molar-refractivity contribution in [1.29, 1.82) is 0 Å². The number of benzene rings is 1. The van der Waals surface area contributed by atoms with Gasteiger partial charge in [0.15, 0.2) is 0 Å². The summed E-state index contributed by atoms with van der Waals surface area (Å²) >= 11 is 3.46. The first-order valence-electron chi connectivity index (χ1n) is 6.80. The molecule has 0 unspecified atom stereocenters. The largest absolute Gasteiger partial charge is 0.325 e. The highest BCUT2D eigenvalue weighted by Gasteiger charge is 2.22. The number of rotatable bonds is 2. The van der Waals surface area contributed by atoms with Crippen molar-refractivity contribution in [1.82, 2.24) is 9.80 Å². The number of carbonyl (C=O) groups excluding carboxylic acids is 1. The van der Waals surface area contributed by atoms with Gasteiger partial charge < -0.3 is 9.80 Å². The van der Waals surface area contributed by atoms with Gasteiger partial charge in [-0.05, 0) is 36.5 Å². The fraction of sp³-hybridized carbons (Fsp3) is 0.533. The molecule has 1 aliphatic heterocycles. The van der Waals surface area contributed by atoms with Crippen LogP contribution in [0.5, 0.6) is 0 Å². The third kappa shape index (κ3) is 3.96. The molecule has 2 amide bonds. The summed E-state index contributed by atoms with van der Waals surface area (Å²) < 4.78 is 1.05. The maximum atomic E-state index is 12.3. The van der Waals surface area contributed by atoms with Crippen LogP contribution in [0.25, 0.3) is 0 Å². The van der Waals surface area contributed by atoms with Crippen LogP contribution in [0.1, 0.15) is 25.3 Å². The average Bonchev–Trinajstić information content (AvgIpc) is 2.39. The number of nitrogens with zero attached hydrogens (tertiary/aromatic N) is 2. The quantitative estimate of drug-likeness (QED) is 0.813. The molecule has 0 N–H and O–H groups in total. The van der Waals surface area contributed by atoms with E-state index in [4.69, 9.17) is 0 Å². The van der Waals surface area contributed by atoms with Crippen LogP contribution in [-0.2, 0) is 6.54 Å². The van der Waals surface area contributed by atoms with Crippen LogP contribution in [0, 0.1) is 5.92 Å². The van der Waals surface area contributed by atoms with Gasteiger partial charge in [-0.25, -0.2) is 4.79 Å². The predicted octanol–water partition coefficient (Wildman–Crippen LogP) is 3.73. The molecule has 4 heteroatoms. The van der Waals surface area contributed by atoms with Gasteiger partial charge in [0.2, 0.25) is 0 Å². The molecule has 2 rings (SSSR count). The van der Waals surface area contributed by atoms with E-state index >= 15 is 0 Å². The summed E-state index contributed by atoms with van der Waals surface area (Å²) in [4.78, 5) is 16.1. The van der Waals surface area contributed by atoms with Crippen LogP contribution in [0.15, 0.2) is 28.7 Å². The van der Waals surface area contributed by atoms with Crippen molar-refractivity contribution in [3.05, 3.63) is 34.3 Å². The van der Waals surface area contributed by atoms with Gasteiger partial charge in [-0.3, -0.25) is 0 Å². The van der Waals surface area contributed by atoms with E-state index in [1.54, 1.807) is 4.90 Å². The van der Waals surface area contributed by atoms with Crippen molar-refractivity contribution in [2.75, 3.05) is 20.1 Å². The Morgan fingerprint density at radius 1 is 1.42 bits per heavy atom. The first-order valence-corrected chi connectivity index (χ1v) is 7.60. The van der Waals surface area contributed by atoms with Gasteiger partial charge in [0.05, 0.1) is 0 Å². The molecule has 0 atom stereocenters. The van der Waals surface area contributed by atoms with E-state index in [0.29, 0.717) is 6.54 Å². The summed E-state index contributed by atoms with van der Waals surface area (Å²) in [7, 11) is 1.88. The Balaban J connectivity index is 1.92. The van der Waals surface area contributed by atoms with Gasteiger partial charge in [0, 0.05) is 31.2 Å². The van der Waals surface area contributed by atoms with E-state index in [2.05, 4.69) is 28.9 Å². The minimum atomic E-state index is 0.145. The van der Waals surface area contributed by atoms with Crippen LogP contribution >= 0.6 is 15.9 Å². The maximum Gasteiger partial charge on any atom is 0.320 e. The van der Waals surface area contributed by atoms with Crippen LogP contribution in [0.2, 0.25) is 0 Å². The van der Waals surface area contributed by atoms with E-state index in [-0.39, 0.29) is 6.03 Å². The summed E-state index contributed by atoms with van der Waals surface area (Å²) in [6, 6.07) is 8.25. The molecule has 1 fully saturated rings. The summed E-state index contributed by atoms with van der Waals surface area (Å²) in [5.41, 5.74) is 1.15. The van der Waals surface area contributed by atoms with Gasteiger partial charge in [-0.15, -0.1) is 0 Å². The van der Waals surface area contributed by atoms with Crippen LogP contribution in [0.4, 0.5) is 4.79 Å². The molecule has 1 heterocycles. The Morgan fingerprint density at radius 3 is 2.74 bits per heavy atom. The Labute approximate surface area is 123 Å². The minimum absolute atomic E-state index is 0.145. The topological polar surface area (TPSA) is 23.6 Å². The van der Waals surface area contributed by atoms with E-state index in [1.165, 1.54) is 0 Å². The maximum absolute atomic E-state index is 12.3. The fourth-order valence-corrected chi connectivity index (χ4v) is 2.86. The number of halogens is 1. The van der Waals surface area contributed by atoms with Crippen LogP contribution in [0.3, 0.4) is 0 Å². The number of carbonyl (C=O) groups is 1. The normalized spacial score (nSPS) is 16.5. The first-order chi connectivity index (χ1) is 9.06. The third-order valence-corrected chi connectivity index (χ3v) is 4.18. The number of hydrogen-bond acceptors (Lipinski definition) is 1. The lowest BCUT2D eigenvalue weighted by Crippen LogP contribution is -2.44. The van der Waals surface area contributed by atoms with Crippen LogP contribution < -0.4 is 0 Å². The Kier molecular flexibility index (Phi) is 4.86. The standard InChI is InChI=1S/C15H21BrN2O/c1-12-6-8-18(9-7-12)15(19)17(2)11-13-4-3-5-14(16)10-13/h3-5,10,12H,6-9,11H2,1-2H3. The highest BCUT2D eigenvalue weighted by Crippen LogP contribution is 2.18. The van der Waals surface area contributed by atoms with E-state index < -0.39 is 0 Å². The van der Waals surface area contributed by atoms with Gasteiger partial charge >= 0.3 is 6.03 Å². The zero-order chi connectivity index (χ0) is 13.8. The zero-order valence-corrected chi connectivity index (χ0v) is 13.2. The van der Waals surface area contributed by atoms with Gasteiger partial charge in [-0.1, -0.05) is 35.0 Å². The molecule has 1 aromatic rings. The molecule has 1 aromatic carbocycles. The van der Waals surface area contributed by atoms with Crippen molar-refractivity contribution in [2.45, 2.75) is 26.3 Å². The fourth-order valence-electron chi connectivity index (χ4n) is 2.42. The molecule has 0 aliphatic carbocycles. The van der Waals surface area contributed by atoms with E-state index in [1.807, 2.05) is 30.1 Å². The van der Waals surface area contributed by atoms with Gasteiger partial charge in [0.25, 0.3) is 0 Å². The number of piperidine rings is 1. The van der Waals surface area contributed by atoms with Gasteiger partial charge in [-0.2, -0.15) is 0 Å². The molecule has 0 saturated carbocycles. The van der Waals surface area contributed by atoms with Crippen molar-refractivity contribution < 1.29 is 4.79 Å². The molecular weight excluding hydrogens is 304 g/mol. The van der Waals surface area contributed by atoms with E-state index in [0.717, 1.165) is 41.9 Å². The molecule has 0 bridgehead atoms. The van der Waals surface area contributed by atoms with Gasteiger partial charge in [0.1, 0.15) is 0 Å². The number of urea groups is 1. The van der Waals surface area contributed by atoms with Crippen molar-refractivity contribution >= 4 is 22.0 Å². The average molecular weight is 325 g/mol. The Morgan fingerprint density at radius 2 is 2.11 bits per heavy atom. The number of hydrogen-bond donors (Lipinski definition) is 0. The lowest BCUT2D eigenvalue weighted by Gasteiger charge is -2.33. The highest BCUT2D eigenvalue weighted by molar-refractivity contribution is 9.10. The Bertz CT molecular complexity index is 442. The predicted molar refractivity (Wildman–Crippen MR) is 81.0 cm³/mol. The zero-order valence-electron chi connectivity index (χ0n) is 11.6. The molecule has 1 saturated heterocycles. The minimum Gasteiger partial charge on any atom is -0.325 e. The second-order valence-electron chi connectivity index (χ2n) is 5.44. The molecule has 0 spiro atoms. The molecule has 3 nitrogen and oxygen atoms in total.